The van der Waals surface area contributed by atoms with Crippen molar-refractivity contribution in [1.82, 2.24) is 16.0 Å². The predicted molar refractivity (Wildman–Crippen MR) is 94.5 cm³/mol. The zero-order valence-electron chi connectivity index (χ0n) is 14.3. The van der Waals surface area contributed by atoms with Gasteiger partial charge in [-0.1, -0.05) is 30.3 Å². The van der Waals surface area contributed by atoms with Crippen LogP contribution < -0.4 is 16.0 Å². The van der Waals surface area contributed by atoms with Crippen LogP contribution >= 0.6 is 0 Å². The summed E-state index contributed by atoms with van der Waals surface area (Å²) >= 11 is 0. The molecule has 6 heteroatoms. The summed E-state index contributed by atoms with van der Waals surface area (Å²) in [7, 11) is 0. The Balaban J connectivity index is 1.85. The molecular weight excluding hydrogens is 321 g/mol. The minimum Gasteiger partial charge on any atom is -0.348 e. The van der Waals surface area contributed by atoms with E-state index >= 15 is 0 Å². The highest BCUT2D eigenvalue weighted by molar-refractivity contribution is 5.94. The molecule has 0 saturated heterocycles. The highest BCUT2D eigenvalue weighted by Gasteiger charge is 2.08. The summed E-state index contributed by atoms with van der Waals surface area (Å²) in [5.41, 5.74) is 1.80. The molecule has 5 nitrogen and oxygen atoms in total. The number of carbonyl (C=O) groups excluding carboxylic acids is 2. The molecule has 0 aliphatic rings. The van der Waals surface area contributed by atoms with Crippen LogP contribution in [0.15, 0.2) is 48.5 Å². The third kappa shape index (κ3) is 5.91. The fourth-order valence-electron chi connectivity index (χ4n) is 2.19. The Hall–Kier alpha value is -2.89. The second-order valence-corrected chi connectivity index (χ2v) is 5.95. The second-order valence-electron chi connectivity index (χ2n) is 5.95. The van der Waals surface area contributed by atoms with E-state index in [1.165, 1.54) is 6.07 Å². The topological polar surface area (TPSA) is 70.2 Å². The number of hydrogen-bond donors (Lipinski definition) is 3. The van der Waals surface area contributed by atoms with Crippen LogP contribution in [0.4, 0.5) is 9.18 Å². The van der Waals surface area contributed by atoms with Gasteiger partial charge in [-0.2, -0.15) is 0 Å². The van der Waals surface area contributed by atoms with E-state index in [4.69, 9.17) is 0 Å². The first kappa shape index (κ1) is 18.4. The fourth-order valence-corrected chi connectivity index (χ4v) is 2.19. The molecule has 0 unspecified atom stereocenters. The number of rotatable bonds is 6. The van der Waals surface area contributed by atoms with Crippen molar-refractivity contribution < 1.29 is 14.0 Å². The third-order valence-corrected chi connectivity index (χ3v) is 3.49. The highest BCUT2D eigenvalue weighted by Crippen LogP contribution is 2.08. The number of hydrogen-bond acceptors (Lipinski definition) is 2. The maximum Gasteiger partial charge on any atom is 0.315 e. The van der Waals surface area contributed by atoms with Crippen molar-refractivity contribution in [2.45, 2.75) is 33.0 Å². The van der Waals surface area contributed by atoms with Crippen molar-refractivity contribution >= 4 is 11.9 Å². The van der Waals surface area contributed by atoms with Crippen LogP contribution in [-0.2, 0) is 13.1 Å². The molecule has 0 fully saturated rings. The molecule has 2 aromatic rings. The number of halogens is 1. The molecule has 2 rings (SSSR count). The van der Waals surface area contributed by atoms with E-state index in [9.17, 15) is 14.0 Å². The summed E-state index contributed by atoms with van der Waals surface area (Å²) in [6.45, 7) is 4.27. The van der Waals surface area contributed by atoms with Crippen molar-refractivity contribution in [3.63, 3.8) is 0 Å². The minimum atomic E-state index is -0.344. The van der Waals surface area contributed by atoms with Gasteiger partial charge in [0.05, 0.1) is 0 Å². The zero-order chi connectivity index (χ0) is 18.2. The van der Waals surface area contributed by atoms with Gasteiger partial charge >= 0.3 is 6.03 Å². The van der Waals surface area contributed by atoms with E-state index in [0.29, 0.717) is 17.7 Å². The van der Waals surface area contributed by atoms with Gasteiger partial charge in [-0.3, -0.25) is 4.79 Å². The van der Waals surface area contributed by atoms with Gasteiger partial charge in [-0.05, 0) is 37.6 Å². The highest BCUT2D eigenvalue weighted by atomic mass is 19.1. The van der Waals surface area contributed by atoms with Crippen LogP contribution in [0.5, 0.6) is 0 Å². The van der Waals surface area contributed by atoms with Crippen LogP contribution in [0, 0.1) is 5.82 Å². The Morgan fingerprint density at radius 1 is 0.960 bits per heavy atom. The maximum absolute atomic E-state index is 13.5. The van der Waals surface area contributed by atoms with Gasteiger partial charge in [-0.25, -0.2) is 9.18 Å². The summed E-state index contributed by atoms with van der Waals surface area (Å²) < 4.78 is 13.5. The van der Waals surface area contributed by atoms with Crippen molar-refractivity contribution in [3.8, 4) is 0 Å². The van der Waals surface area contributed by atoms with Gasteiger partial charge in [0.2, 0.25) is 0 Å². The lowest BCUT2D eigenvalue weighted by atomic mass is 10.1. The van der Waals surface area contributed by atoms with Crippen molar-refractivity contribution in [3.05, 3.63) is 71.0 Å². The first-order valence-electron chi connectivity index (χ1n) is 8.10. The van der Waals surface area contributed by atoms with Crippen molar-refractivity contribution in [2.75, 3.05) is 0 Å². The number of amides is 3. The summed E-state index contributed by atoms with van der Waals surface area (Å²) in [4.78, 5) is 23.6. The first-order valence-corrected chi connectivity index (χ1v) is 8.10. The minimum absolute atomic E-state index is 0.0699. The molecule has 0 radical (unpaired) electrons. The molecule has 2 aromatic carbocycles. The van der Waals surface area contributed by atoms with E-state index in [2.05, 4.69) is 16.0 Å². The summed E-state index contributed by atoms with van der Waals surface area (Å²) in [6.07, 6.45) is 0. The molecule has 3 N–H and O–H groups in total. The average Bonchev–Trinajstić information content (AvgIpc) is 2.59. The van der Waals surface area contributed by atoms with Crippen LogP contribution in [0.1, 0.15) is 35.3 Å². The molecule has 0 aromatic heterocycles. The fraction of sp³-hybridized carbons (Fsp3) is 0.263. The molecule has 25 heavy (non-hydrogen) atoms. The predicted octanol–water partition coefficient (Wildman–Crippen LogP) is 2.96. The summed E-state index contributed by atoms with van der Waals surface area (Å²) in [5.74, 6) is -0.621. The van der Waals surface area contributed by atoms with Gasteiger partial charge in [0.15, 0.2) is 0 Å². The van der Waals surface area contributed by atoms with Crippen LogP contribution in [0.3, 0.4) is 0 Å². The lowest BCUT2D eigenvalue weighted by molar-refractivity contribution is 0.0950. The van der Waals surface area contributed by atoms with Crippen molar-refractivity contribution in [2.24, 2.45) is 0 Å². The standard InChI is InChI=1S/C19H22FN3O2/c1-13(2)23-19(25)22-11-14-7-9-15(10-8-14)18(24)21-12-16-5-3-4-6-17(16)20/h3-10,13H,11-12H2,1-2H3,(H,21,24)(H2,22,23,25). The lowest BCUT2D eigenvalue weighted by Crippen LogP contribution is -2.39. The maximum atomic E-state index is 13.5. The van der Waals surface area contributed by atoms with Crippen LogP contribution in [0.25, 0.3) is 0 Å². The largest absolute Gasteiger partial charge is 0.348 e. The van der Waals surface area contributed by atoms with E-state index < -0.39 is 0 Å². The molecule has 0 spiro atoms. The quantitative estimate of drug-likeness (QED) is 0.755. The third-order valence-electron chi connectivity index (χ3n) is 3.49. The SMILES string of the molecule is CC(C)NC(=O)NCc1ccc(C(=O)NCc2ccccc2F)cc1. The Kier molecular flexibility index (Phi) is 6.51. The molecule has 132 valence electrons. The summed E-state index contributed by atoms with van der Waals surface area (Å²) in [6, 6.07) is 13.0. The van der Waals surface area contributed by atoms with Gasteiger partial charge in [0, 0.05) is 30.3 Å². The molecule has 0 atom stereocenters. The Labute approximate surface area is 146 Å². The number of urea groups is 1. The van der Waals surface area contributed by atoms with Gasteiger partial charge < -0.3 is 16.0 Å². The molecule has 0 aliphatic carbocycles. The van der Waals surface area contributed by atoms with Gasteiger partial charge in [0.1, 0.15) is 5.82 Å². The van der Waals surface area contributed by atoms with Crippen LogP contribution in [-0.4, -0.2) is 18.0 Å². The van der Waals surface area contributed by atoms with Gasteiger partial charge in [-0.15, -0.1) is 0 Å². The Bertz CT molecular complexity index is 730. The molecule has 0 saturated carbocycles. The lowest BCUT2D eigenvalue weighted by Gasteiger charge is -2.10. The van der Waals surface area contributed by atoms with Crippen molar-refractivity contribution in [1.29, 1.82) is 0 Å². The van der Waals surface area contributed by atoms with Crippen LogP contribution in [0.2, 0.25) is 0 Å². The van der Waals surface area contributed by atoms with Gasteiger partial charge in [0.25, 0.3) is 5.91 Å². The Morgan fingerprint density at radius 2 is 1.64 bits per heavy atom. The smallest absolute Gasteiger partial charge is 0.315 e. The first-order chi connectivity index (χ1) is 12.0. The summed E-state index contributed by atoms with van der Waals surface area (Å²) in [5, 5.41) is 8.16. The van der Waals surface area contributed by atoms with E-state index in [0.717, 1.165) is 5.56 Å². The van der Waals surface area contributed by atoms with E-state index in [1.54, 1.807) is 42.5 Å². The second kappa shape index (κ2) is 8.82. The number of benzene rings is 2. The number of nitrogens with one attached hydrogen (secondary N) is 3. The van der Waals surface area contributed by atoms with E-state index in [-0.39, 0.29) is 30.3 Å². The monoisotopic (exact) mass is 343 g/mol. The Morgan fingerprint density at radius 3 is 2.28 bits per heavy atom. The van der Waals surface area contributed by atoms with E-state index in [1.807, 2.05) is 13.8 Å². The number of carbonyl (C=O) groups is 2. The average molecular weight is 343 g/mol. The molecule has 0 heterocycles. The molecular formula is C19H22FN3O2. The normalized spacial score (nSPS) is 10.4. The molecule has 0 aliphatic heterocycles. The zero-order valence-corrected chi connectivity index (χ0v) is 14.3. The molecule has 3 amide bonds. The molecule has 0 bridgehead atoms.